The number of carboxylic acids is 1. The monoisotopic (exact) mass is 251 g/mol. The predicted octanol–water partition coefficient (Wildman–Crippen LogP) is 0.876. The van der Waals surface area contributed by atoms with Crippen molar-refractivity contribution in [1.29, 1.82) is 0 Å². The number of rotatable bonds is 6. The Kier molecular flexibility index (Phi) is 4.17. The first-order valence-corrected chi connectivity index (χ1v) is 6.03. The molecule has 1 aromatic rings. The van der Waals surface area contributed by atoms with Crippen molar-refractivity contribution in [3.63, 3.8) is 0 Å². The van der Waals surface area contributed by atoms with Gasteiger partial charge < -0.3 is 20.3 Å². The number of aliphatic hydroxyl groups is 1. The van der Waals surface area contributed by atoms with E-state index in [0.717, 1.165) is 19.4 Å². The number of ether oxygens (including phenoxy) is 1. The summed E-state index contributed by atoms with van der Waals surface area (Å²) in [5.74, 6) is -0.276. The Morgan fingerprint density at radius 3 is 2.56 bits per heavy atom. The smallest absolute Gasteiger partial charge is 0.335 e. The van der Waals surface area contributed by atoms with E-state index >= 15 is 0 Å². The maximum atomic E-state index is 10.6. The zero-order valence-electron chi connectivity index (χ0n) is 10.0. The average molecular weight is 251 g/mol. The van der Waals surface area contributed by atoms with Gasteiger partial charge >= 0.3 is 5.97 Å². The normalized spacial score (nSPS) is 22.3. The number of aliphatic hydroxyl groups excluding tert-OH is 1. The highest BCUT2D eigenvalue weighted by Crippen LogP contribution is 2.19. The van der Waals surface area contributed by atoms with Crippen LogP contribution in [0.3, 0.4) is 0 Å². The maximum Gasteiger partial charge on any atom is 0.335 e. The minimum absolute atomic E-state index is 0.146. The van der Waals surface area contributed by atoms with Crippen LogP contribution in [0.2, 0.25) is 0 Å². The Bertz CT molecular complexity index is 398. The molecule has 18 heavy (non-hydrogen) atoms. The Labute approximate surface area is 105 Å². The van der Waals surface area contributed by atoms with Gasteiger partial charge in [-0.1, -0.05) is 0 Å². The van der Waals surface area contributed by atoms with E-state index in [1.807, 2.05) is 0 Å². The van der Waals surface area contributed by atoms with Crippen LogP contribution in [0.15, 0.2) is 24.3 Å². The van der Waals surface area contributed by atoms with Crippen molar-refractivity contribution in [3.8, 4) is 5.75 Å². The third kappa shape index (κ3) is 3.45. The van der Waals surface area contributed by atoms with Gasteiger partial charge in [-0.25, -0.2) is 4.79 Å². The highest BCUT2D eigenvalue weighted by Gasteiger charge is 2.25. The minimum atomic E-state index is -0.938. The van der Waals surface area contributed by atoms with Gasteiger partial charge in [0.2, 0.25) is 0 Å². The van der Waals surface area contributed by atoms with Crippen molar-refractivity contribution >= 4 is 5.97 Å². The average Bonchev–Trinajstić information content (AvgIpc) is 2.32. The molecular formula is C13H17NO4. The van der Waals surface area contributed by atoms with Gasteiger partial charge in [-0.3, -0.25) is 0 Å². The fourth-order valence-corrected chi connectivity index (χ4v) is 1.88. The van der Waals surface area contributed by atoms with Crippen LogP contribution in [0, 0.1) is 0 Å². The minimum Gasteiger partial charge on any atom is -0.492 e. The summed E-state index contributed by atoms with van der Waals surface area (Å²) >= 11 is 0. The molecule has 0 heterocycles. The molecule has 1 aliphatic carbocycles. The molecule has 0 aliphatic heterocycles. The molecule has 0 unspecified atom stereocenters. The van der Waals surface area contributed by atoms with Crippen LogP contribution in [0.25, 0.3) is 0 Å². The first-order valence-electron chi connectivity index (χ1n) is 6.03. The zero-order chi connectivity index (χ0) is 13.0. The summed E-state index contributed by atoms with van der Waals surface area (Å²) < 4.78 is 5.47. The first kappa shape index (κ1) is 12.9. The van der Waals surface area contributed by atoms with Crippen LogP contribution in [0.4, 0.5) is 0 Å². The van der Waals surface area contributed by atoms with Crippen LogP contribution in [-0.2, 0) is 0 Å². The summed E-state index contributed by atoms with van der Waals surface area (Å²) in [6, 6.07) is 6.74. The molecule has 1 fully saturated rings. The number of carboxylic acid groups (broad SMARTS) is 1. The number of hydrogen-bond donors (Lipinski definition) is 3. The number of nitrogens with one attached hydrogen (secondary N) is 1. The molecule has 5 heteroatoms. The lowest BCUT2D eigenvalue weighted by Crippen LogP contribution is -2.45. The Balaban J connectivity index is 1.65. The summed E-state index contributed by atoms with van der Waals surface area (Å²) in [4.78, 5) is 10.6. The lowest BCUT2D eigenvalue weighted by Gasteiger charge is -2.32. The van der Waals surface area contributed by atoms with E-state index in [0.29, 0.717) is 18.4 Å². The molecule has 0 atom stereocenters. The van der Waals surface area contributed by atoms with Crippen LogP contribution in [0.1, 0.15) is 23.2 Å². The van der Waals surface area contributed by atoms with E-state index < -0.39 is 5.97 Å². The molecule has 0 radical (unpaired) electrons. The Morgan fingerprint density at radius 2 is 2.00 bits per heavy atom. The second-order valence-corrected chi connectivity index (χ2v) is 4.45. The summed E-state index contributed by atoms with van der Waals surface area (Å²) in [7, 11) is 0. The zero-order valence-corrected chi connectivity index (χ0v) is 10.0. The molecule has 0 saturated heterocycles. The molecule has 0 amide bonds. The molecule has 5 nitrogen and oxygen atoms in total. The van der Waals surface area contributed by atoms with Crippen LogP contribution < -0.4 is 10.1 Å². The molecule has 0 bridgehead atoms. The number of benzene rings is 1. The standard InChI is InChI=1S/C13H17NO4/c15-11-7-10(8-11)14-5-6-18-12-3-1-9(2-4-12)13(16)17/h1-4,10-11,14-15H,5-8H2,(H,16,17). The lowest BCUT2D eigenvalue weighted by atomic mass is 9.90. The van der Waals surface area contributed by atoms with Gasteiger partial charge in [0.05, 0.1) is 11.7 Å². The summed E-state index contributed by atoms with van der Waals surface area (Å²) in [6.07, 6.45) is 1.48. The summed E-state index contributed by atoms with van der Waals surface area (Å²) in [6.45, 7) is 1.25. The number of aromatic carboxylic acids is 1. The predicted molar refractivity (Wildman–Crippen MR) is 65.9 cm³/mol. The fraction of sp³-hybridized carbons (Fsp3) is 0.462. The molecule has 1 aliphatic rings. The van der Waals surface area contributed by atoms with Crippen LogP contribution in [0.5, 0.6) is 5.75 Å². The summed E-state index contributed by atoms with van der Waals surface area (Å²) in [5, 5.41) is 21.1. The molecule has 3 N–H and O–H groups in total. The third-order valence-corrected chi connectivity index (χ3v) is 3.02. The van der Waals surface area contributed by atoms with Gasteiger partial charge in [0.1, 0.15) is 12.4 Å². The van der Waals surface area contributed by atoms with Crippen molar-refractivity contribution in [3.05, 3.63) is 29.8 Å². The number of hydrogen-bond acceptors (Lipinski definition) is 4. The van der Waals surface area contributed by atoms with E-state index in [1.165, 1.54) is 12.1 Å². The molecule has 98 valence electrons. The lowest BCUT2D eigenvalue weighted by molar-refractivity contribution is 0.0611. The van der Waals surface area contributed by atoms with Crippen molar-refractivity contribution in [2.45, 2.75) is 25.0 Å². The van der Waals surface area contributed by atoms with Gasteiger partial charge in [-0.15, -0.1) is 0 Å². The maximum absolute atomic E-state index is 10.6. The van der Waals surface area contributed by atoms with E-state index in [2.05, 4.69) is 5.32 Å². The SMILES string of the molecule is O=C(O)c1ccc(OCCNC2CC(O)C2)cc1. The second kappa shape index (κ2) is 5.84. The number of carbonyl (C=O) groups is 1. The van der Waals surface area contributed by atoms with E-state index in [-0.39, 0.29) is 11.7 Å². The van der Waals surface area contributed by atoms with Gasteiger partial charge in [0.15, 0.2) is 0 Å². The molecule has 2 rings (SSSR count). The largest absolute Gasteiger partial charge is 0.492 e. The van der Waals surface area contributed by atoms with E-state index in [1.54, 1.807) is 12.1 Å². The van der Waals surface area contributed by atoms with Crippen LogP contribution >= 0.6 is 0 Å². The Morgan fingerprint density at radius 1 is 1.33 bits per heavy atom. The van der Waals surface area contributed by atoms with Crippen LogP contribution in [-0.4, -0.2) is 41.5 Å². The molecule has 1 aromatic carbocycles. The molecular weight excluding hydrogens is 234 g/mol. The van der Waals surface area contributed by atoms with Crippen molar-refractivity contribution in [1.82, 2.24) is 5.32 Å². The van der Waals surface area contributed by atoms with E-state index in [9.17, 15) is 4.79 Å². The van der Waals surface area contributed by atoms with Crippen molar-refractivity contribution < 1.29 is 19.7 Å². The second-order valence-electron chi connectivity index (χ2n) is 4.45. The van der Waals surface area contributed by atoms with Crippen molar-refractivity contribution in [2.24, 2.45) is 0 Å². The summed E-state index contributed by atoms with van der Waals surface area (Å²) in [5.41, 5.74) is 0.254. The topological polar surface area (TPSA) is 78.8 Å². The van der Waals surface area contributed by atoms with Gasteiger partial charge in [0.25, 0.3) is 0 Å². The van der Waals surface area contributed by atoms with E-state index in [4.69, 9.17) is 14.9 Å². The Hall–Kier alpha value is -1.59. The third-order valence-electron chi connectivity index (χ3n) is 3.02. The van der Waals surface area contributed by atoms with Gasteiger partial charge in [0, 0.05) is 12.6 Å². The molecule has 0 aromatic heterocycles. The van der Waals surface area contributed by atoms with Crippen molar-refractivity contribution in [2.75, 3.05) is 13.2 Å². The highest BCUT2D eigenvalue weighted by atomic mass is 16.5. The molecule has 1 saturated carbocycles. The van der Waals surface area contributed by atoms with Gasteiger partial charge in [-0.05, 0) is 37.1 Å². The molecule has 0 spiro atoms. The fourth-order valence-electron chi connectivity index (χ4n) is 1.88. The first-order chi connectivity index (χ1) is 8.65. The van der Waals surface area contributed by atoms with Gasteiger partial charge in [-0.2, -0.15) is 0 Å². The quantitative estimate of drug-likeness (QED) is 0.654. The highest BCUT2D eigenvalue weighted by molar-refractivity contribution is 5.87.